The molecule has 0 N–H and O–H groups in total. The number of hydrogen-bond donors (Lipinski definition) is 0. The molecular weight excluding hydrogens is 229 g/mol. The summed E-state index contributed by atoms with van der Waals surface area (Å²) in [5.74, 6) is -0.465. The molecule has 0 fully saturated rings. The molecule has 16 heavy (non-hydrogen) atoms. The van der Waals surface area contributed by atoms with Crippen LogP contribution in [-0.2, 0) is 0 Å². The molecule has 0 heterocycles. The van der Waals surface area contributed by atoms with Crippen LogP contribution >= 0.6 is 11.6 Å². The molecule has 0 saturated carbocycles. The van der Waals surface area contributed by atoms with Gasteiger partial charge in [0.2, 0.25) is 0 Å². The lowest BCUT2D eigenvalue weighted by Gasteiger charge is -2.19. The summed E-state index contributed by atoms with van der Waals surface area (Å²) in [5.41, 5.74) is 1.15. The summed E-state index contributed by atoms with van der Waals surface area (Å²) >= 11 is 5.82. The number of aryl methyl sites for hydroxylation is 1. The molecule has 88 valence electrons. The van der Waals surface area contributed by atoms with Crippen molar-refractivity contribution in [2.24, 2.45) is 0 Å². The minimum absolute atomic E-state index is 0.102. The molecule has 2 nitrogen and oxygen atoms in total. The Hall–Kier alpha value is -1.09. The van der Waals surface area contributed by atoms with Crippen LogP contribution in [0.3, 0.4) is 0 Å². The van der Waals surface area contributed by atoms with Crippen LogP contribution in [0.5, 0.6) is 0 Å². The third kappa shape index (κ3) is 3.20. The third-order valence-electron chi connectivity index (χ3n) is 2.29. The van der Waals surface area contributed by atoms with E-state index < -0.39 is 0 Å². The zero-order chi connectivity index (χ0) is 12.3. The molecule has 0 saturated heterocycles. The van der Waals surface area contributed by atoms with Crippen LogP contribution in [0.2, 0.25) is 0 Å². The Labute approximate surface area is 100 Å². The maximum atomic E-state index is 12.9. The first-order valence-corrected chi connectivity index (χ1v) is 5.51. The fourth-order valence-electron chi connectivity index (χ4n) is 1.53. The summed E-state index contributed by atoms with van der Waals surface area (Å²) in [4.78, 5) is 13.5. The van der Waals surface area contributed by atoms with Gasteiger partial charge in [-0.05, 0) is 37.6 Å². The Bertz CT molecular complexity index is 393. The maximum absolute atomic E-state index is 12.9. The van der Waals surface area contributed by atoms with Crippen molar-refractivity contribution in [1.29, 1.82) is 0 Å². The molecule has 0 radical (unpaired) electrons. The first-order chi connectivity index (χ1) is 7.41. The molecule has 0 spiro atoms. The quantitative estimate of drug-likeness (QED) is 0.748. The van der Waals surface area contributed by atoms with E-state index in [9.17, 15) is 9.18 Å². The first-order valence-electron chi connectivity index (χ1n) is 5.07. The van der Waals surface area contributed by atoms with Crippen molar-refractivity contribution < 1.29 is 9.18 Å². The van der Waals surface area contributed by atoms with Gasteiger partial charge in [0, 0.05) is 24.5 Å². The lowest BCUT2D eigenvalue weighted by atomic mass is 10.1. The predicted molar refractivity (Wildman–Crippen MR) is 63.4 cm³/mol. The summed E-state index contributed by atoms with van der Waals surface area (Å²) in [6.07, 6.45) is 0. The van der Waals surface area contributed by atoms with Crippen molar-refractivity contribution in [2.45, 2.75) is 19.2 Å². The van der Waals surface area contributed by atoms with Gasteiger partial charge in [-0.15, -0.1) is 11.6 Å². The number of amides is 1. The van der Waals surface area contributed by atoms with Gasteiger partial charge < -0.3 is 4.90 Å². The highest BCUT2D eigenvalue weighted by molar-refractivity contribution is 6.20. The summed E-state index contributed by atoms with van der Waals surface area (Å²) in [5, 5.41) is -0.102. The fourth-order valence-corrected chi connectivity index (χ4v) is 1.74. The molecule has 1 rings (SSSR count). The van der Waals surface area contributed by atoms with Crippen LogP contribution in [0, 0.1) is 12.7 Å². The van der Waals surface area contributed by atoms with Crippen LogP contribution in [0.25, 0.3) is 0 Å². The molecule has 0 aliphatic rings. The van der Waals surface area contributed by atoms with Gasteiger partial charge in [0.05, 0.1) is 0 Å². The predicted octanol–water partition coefficient (Wildman–Crippen LogP) is 2.83. The molecule has 1 unspecified atom stereocenters. The number of alkyl halides is 1. The Kier molecular flexibility index (Phi) is 4.30. The highest BCUT2D eigenvalue weighted by Gasteiger charge is 2.15. The van der Waals surface area contributed by atoms with E-state index in [1.165, 1.54) is 23.1 Å². The van der Waals surface area contributed by atoms with E-state index in [4.69, 9.17) is 11.6 Å². The lowest BCUT2D eigenvalue weighted by molar-refractivity contribution is 0.0795. The summed E-state index contributed by atoms with van der Waals surface area (Å²) < 4.78 is 12.9. The van der Waals surface area contributed by atoms with Gasteiger partial charge in [0.15, 0.2) is 0 Å². The summed E-state index contributed by atoms with van der Waals surface area (Å²) in [6.45, 7) is 4.01. The minimum atomic E-state index is -0.331. The second-order valence-electron chi connectivity index (χ2n) is 3.93. The molecule has 0 bridgehead atoms. The van der Waals surface area contributed by atoms with Crippen LogP contribution in [-0.4, -0.2) is 29.8 Å². The van der Waals surface area contributed by atoms with Crippen molar-refractivity contribution in [3.8, 4) is 0 Å². The van der Waals surface area contributed by atoms with Crippen molar-refractivity contribution in [1.82, 2.24) is 4.90 Å². The average Bonchev–Trinajstić information content (AvgIpc) is 2.15. The Balaban J connectivity index is 2.88. The van der Waals surface area contributed by atoms with Gasteiger partial charge in [0.25, 0.3) is 5.91 Å². The Morgan fingerprint density at radius 2 is 2.19 bits per heavy atom. The minimum Gasteiger partial charge on any atom is -0.340 e. The molecular formula is C12H15ClFNO. The molecule has 4 heteroatoms. The number of halogens is 2. The molecule has 1 aromatic rings. The van der Waals surface area contributed by atoms with Gasteiger partial charge >= 0.3 is 0 Å². The molecule has 1 atom stereocenters. The van der Waals surface area contributed by atoms with Crippen molar-refractivity contribution in [2.75, 3.05) is 13.6 Å². The Morgan fingerprint density at radius 1 is 1.56 bits per heavy atom. The molecule has 1 amide bonds. The van der Waals surface area contributed by atoms with E-state index in [2.05, 4.69) is 0 Å². The van der Waals surface area contributed by atoms with Gasteiger partial charge in [-0.25, -0.2) is 4.39 Å². The highest BCUT2D eigenvalue weighted by Crippen LogP contribution is 2.13. The van der Waals surface area contributed by atoms with Gasteiger partial charge in [-0.2, -0.15) is 0 Å². The average molecular weight is 244 g/mol. The number of rotatable bonds is 3. The monoisotopic (exact) mass is 243 g/mol. The largest absolute Gasteiger partial charge is 0.340 e. The van der Waals surface area contributed by atoms with Gasteiger partial charge in [-0.1, -0.05) is 0 Å². The topological polar surface area (TPSA) is 20.3 Å². The van der Waals surface area contributed by atoms with Crippen LogP contribution < -0.4 is 0 Å². The van der Waals surface area contributed by atoms with Crippen molar-refractivity contribution in [3.05, 3.63) is 35.1 Å². The van der Waals surface area contributed by atoms with E-state index >= 15 is 0 Å². The number of nitrogens with zero attached hydrogens (tertiary/aromatic N) is 1. The third-order valence-corrected chi connectivity index (χ3v) is 2.43. The first kappa shape index (κ1) is 13.0. The van der Waals surface area contributed by atoms with E-state index in [-0.39, 0.29) is 17.1 Å². The summed E-state index contributed by atoms with van der Waals surface area (Å²) in [7, 11) is 1.68. The smallest absolute Gasteiger partial charge is 0.253 e. The van der Waals surface area contributed by atoms with E-state index in [1.807, 2.05) is 6.92 Å². The van der Waals surface area contributed by atoms with Crippen LogP contribution in [0.4, 0.5) is 4.39 Å². The van der Waals surface area contributed by atoms with Gasteiger partial charge in [-0.3, -0.25) is 4.79 Å². The number of carbonyl (C=O) groups is 1. The van der Waals surface area contributed by atoms with E-state index in [1.54, 1.807) is 14.0 Å². The molecule has 1 aromatic carbocycles. The molecule has 0 aliphatic carbocycles. The molecule has 0 aromatic heterocycles. The SMILES string of the molecule is Cc1cc(F)ccc1C(=O)N(C)CC(C)Cl. The summed E-state index contributed by atoms with van der Waals surface area (Å²) in [6, 6.07) is 4.14. The zero-order valence-corrected chi connectivity index (χ0v) is 10.4. The normalized spacial score (nSPS) is 12.3. The molecule has 0 aliphatic heterocycles. The number of carbonyl (C=O) groups excluding carboxylic acids is 1. The van der Waals surface area contributed by atoms with E-state index in [0.29, 0.717) is 17.7 Å². The second-order valence-corrected chi connectivity index (χ2v) is 4.67. The zero-order valence-electron chi connectivity index (χ0n) is 9.63. The highest BCUT2D eigenvalue weighted by atomic mass is 35.5. The van der Waals surface area contributed by atoms with Gasteiger partial charge in [0.1, 0.15) is 5.82 Å². The van der Waals surface area contributed by atoms with E-state index in [0.717, 1.165) is 0 Å². The number of benzene rings is 1. The lowest BCUT2D eigenvalue weighted by Crippen LogP contribution is -2.31. The van der Waals surface area contributed by atoms with Crippen molar-refractivity contribution in [3.63, 3.8) is 0 Å². The van der Waals surface area contributed by atoms with Crippen LogP contribution in [0.1, 0.15) is 22.8 Å². The fraction of sp³-hybridized carbons (Fsp3) is 0.417. The maximum Gasteiger partial charge on any atom is 0.253 e. The second kappa shape index (κ2) is 5.30. The van der Waals surface area contributed by atoms with Crippen molar-refractivity contribution >= 4 is 17.5 Å². The Morgan fingerprint density at radius 3 is 2.69 bits per heavy atom. The van der Waals surface area contributed by atoms with Crippen LogP contribution in [0.15, 0.2) is 18.2 Å². The number of hydrogen-bond acceptors (Lipinski definition) is 1. The standard InChI is InChI=1S/C12H15ClFNO/c1-8-6-10(14)4-5-11(8)12(16)15(3)7-9(2)13/h4-6,9H,7H2,1-3H3.